The van der Waals surface area contributed by atoms with Crippen LogP contribution in [-0.4, -0.2) is 18.2 Å². The van der Waals surface area contributed by atoms with Gasteiger partial charge in [0, 0.05) is 11.6 Å². The zero-order valence-electron chi connectivity index (χ0n) is 13.6. The normalized spacial score (nSPS) is 10.6. The Balaban J connectivity index is 1.69. The minimum Gasteiger partial charge on any atom is -0.497 e. The number of hydrogen-bond acceptors (Lipinski definition) is 4. The fraction of sp³-hybridized carbons (Fsp3) is 0.111. The number of aromatic nitrogens is 1. The zero-order valence-corrected chi connectivity index (χ0v) is 13.6. The molecule has 3 rings (SSSR count). The molecule has 0 fully saturated rings. The number of amides is 1. The van der Waals surface area contributed by atoms with Crippen molar-refractivity contribution in [2.45, 2.75) is 6.42 Å². The summed E-state index contributed by atoms with van der Waals surface area (Å²) in [7, 11) is 1.55. The lowest BCUT2D eigenvalue weighted by Gasteiger charge is -2.06. The molecule has 134 valence electrons. The van der Waals surface area contributed by atoms with Gasteiger partial charge in [-0.15, -0.1) is 0 Å². The second kappa shape index (κ2) is 7.30. The lowest BCUT2D eigenvalue weighted by Crippen LogP contribution is -2.16. The van der Waals surface area contributed by atoms with E-state index >= 15 is 0 Å². The number of anilines is 1. The van der Waals surface area contributed by atoms with E-state index in [0.717, 1.165) is 17.7 Å². The van der Waals surface area contributed by atoms with Crippen LogP contribution in [0.5, 0.6) is 5.75 Å². The van der Waals surface area contributed by atoms with Gasteiger partial charge in [0.05, 0.1) is 24.9 Å². The smallest absolute Gasteiger partial charge is 0.230 e. The SMILES string of the molecule is COc1ccc(-c2cc(CC(=O)Nc3ccc(F)c(F)c3F)no2)cc1. The topological polar surface area (TPSA) is 64.4 Å². The molecule has 0 atom stereocenters. The molecular formula is C18H13F3N2O3. The summed E-state index contributed by atoms with van der Waals surface area (Å²) in [4.78, 5) is 12.0. The van der Waals surface area contributed by atoms with Crippen LogP contribution in [0.4, 0.5) is 18.9 Å². The summed E-state index contributed by atoms with van der Waals surface area (Å²) in [6.07, 6.45) is -0.224. The lowest BCUT2D eigenvalue weighted by atomic mass is 10.1. The predicted molar refractivity (Wildman–Crippen MR) is 87.1 cm³/mol. The number of methoxy groups -OCH3 is 1. The van der Waals surface area contributed by atoms with E-state index in [9.17, 15) is 18.0 Å². The van der Waals surface area contributed by atoms with Crippen molar-refractivity contribution in [3.05, 3.63) is 65.6 Å². The Hall–Kier alpha value is -3.29. The van der Waals surface area contributed by atoms with Gasteiger partial charge in [-0.1, -0.05) is 5.16 Å². The maximum atomic E-state index is 13.6. The molecule has 0 aliphatic rings. The van der Waals surface area contributed by atoms with Crippen LogP contribution < -0.4 is 10.1 Å². The molecule has 5 nitrogen and oxygen atoms in total. The molecule has 0 saturated heterocycles. The first-order valence-electron chi connectivity index (χ1n) is 7.51. The van der Waals surface area contributed by atoms with Gasteiger partial charge in [0.25, 0.3) is 0 Å². The standard InChI is InChI=1S/C18H13F3N2O3/c1-25-12-4-2-10(3-5-12)15-8-11(23-26-15)9-16(24)22-14-7-6-13(19)17(20)18(14)21/h2-8H,9H2,1H3,(H,22,24). The number of rotatable bonds is 5. The highest BCUT2D eigenvalue weighted by Crippen LogP contribution is 2.24. The van der Waals surface area contributed by atoms with Crippen molar-refractivity contribution < 1.29 is 27.2 Å². The van der Waals surface area contributed by atoms with E-state index in [1.165, 1.54) is 0 Å². The summed E-state index contributed by atoms with van der Waals surface area (Å²) in [6.45, 7) is 0. The van der Waals surface area contributed by atoms with Crippen LogP contribution >= 0.6 is 0 Å². The molecule has 0 aliphatic heterocycles. The summed E-state index contributed by atoms with van der Waals surface area (Å²) in [6, 6.07) is 10.2. The average Bonchev–Trinajstić information content (AvgIpc) is 3.10. The van der Waals surface area contributed by atoms with Gasteiger partial charge in [0.2, 0.25) is 5.91 Å². The molecule has 3 aromatic rings. The van der Waals surface area contributed by atoms with Crippen molar-refractivity contribution in [1.82, 2.24) is 5.16 Å². The molecule has 0 bridgehead atoms. The Labute approximate surface area is 146 Å². The molecule has 1 heterocycles. The van der Waals surface area contributed by atoms with Gasteiger partial charge in [-0.3, -0.25) is 4.79 Å². The fourth-order valence-corrected chi connectivity index (χ4v) is 2.27. The first-order chi connectivity index (χ1) is 12.5. The molecule has 1 N–H and O–H groups in total. The number of nitrogens with zero attached hydrogens (tertiary/aromatic N) is 1. The van der Waals surface area contributed by atoms with E-state index in [-0.39, 0.29) is 6.42 Å². The summed E-state index contributed by atoms with van der Waals surface area (Å²) >= 11 is 0. The Kier molecular flexibility index (Phi) is 4.92. The van der Waals surface area contributed by atoms with Gasteiger partial charge in [0.15, 0.2) is 23.2 Å². The minimum atomic E-state index is -1.65. The molecule has 0 aliphatic carbocycles. The Morgan fingerprint density at radius 2 is 1.85 bits per heavy atom. The van der Waals surface area contributed by atoms with Crippen LogP contribution in [0.1, 0.15) is 5.69 Å². The van der Waals surface area contributed by atoms with Crippen LogP contribution in [0, 0.1) is 17.5 Å². The highest BCUT2D eigenvalue weighted by molar-refractivity contribution is 5.92. The predicted octanol–water partition coefficient (Wildman–Crippen LogP) is 3.95. The summed E-state index contributed by atoms with van der Waals surface area (Å²) < 4.78 is 49.9. The number of ether oxygens (including phenoxy) is 1. The van der Waals surface area contributed by atoms with Crippen LogP contribution in [0.15, 0.2) is 47.0 Å². The number of nitrogens with one attached hydrogen (secondary N) is 1. The second-order valence-electron chi connectivity index (χ2n) is 5.36. The second-order valence-corrected chi connectivity index (χ2v) is 5.36. The van der Waals surface area contributed by atoms with Gasteiger partial charge in [-0.05, 0) is 36.4 Å². The highest BCUT2D eigenvalue weighted by atomic mass is 19.2. The maximum Gasteiger partial charge on any atom is 0.230 e. The van der Waals surface area contributed by atoms with Crippen LogP contribution in [0.25, 0.3) is 11.3 Å². The van der Waals surface area contributed by atoms with E-state index in [1.807, 2.05) is 0 Å². The van der Waals surface area contributed by atoms with Crippen molar-refractivity contribution in [2.24, 2.45) is 0 Å². The molecule has 0 saturated carbocycles. The molecule has 0 spiro atoms. The fourth-order valence-electron chi connectivity index (χ4n) is 2.27. The Morgan fingerprint density at radius 3 is 2.54 bits per heavy atom. The van der Waals surface area contributed by atoms with Crippen molar-refractivity contribution in [1.29, 1.82) is 0 Å². The van der Waals surface area contributed by atoms with Crippen molar-refractivity contribution in [2.75, 3.05) is 12.4 Å². The number of hydrogen-bond donors (Lipinski definition) is 1. The third-order valence-electron chi connectivity index (χ3n) is 3.58. The molecule has 1 aromatic heterocycles. The van der Waals surface area contributed by atoms with Gasteiger partial charge in [0.1, 0.15) is 5.75 Å². The third-order valence-corrected chi connectivity index (χ3v) is 3.58. The molecule has 2 aromatic carbocycles. The molecule has 26 heavy (non-hydrogen) atoms. The van der Waals surface area contributed by atoms with Crippen molar-refractivity contribution in [3.8, 4) is 17.1 Å². The lowest BCUT2D eigenvalue weighted by molar-refractivity contribution is -0.115. The highest BCUT2D eigenvalue weighted by Gasteiger charge is 2.16. The third kappa shape index (κ3) is 3.69. The number of halogens is 3. The Morgan fingerprint density at radius 1 is 1.12 bits per heavy atom. The Bertz CT molecular complexity index is 939. The zero-order chi connectivity index (χ0) is 18.7. The maximum absolute atomic E-state index is 13.6. The first kappa shape index (κ1) is 17.5. The summed E-state index contributed by atoms with van der Waals surface area (Å²) in [5.74, 6) is -3.97. The summed E-state index contributed by atoms with van der Waals surface area (Å²) in [5.41, 5.74) is 0.584. The quantitative estimate of drug-likeness (QED) is 0.698. The number of carbonyl (C=O) groups is 1. The van der Waals surface area contributed by atoms with E-state index < -0.39 is 29.0 Å². The monoisotopic (exact) mass is 362 g/mol. The molecule has 0 radical (unpaired) electrons. The first-order valence-corrected chi connectivity index (χ1v) is 7.51. The van der Waals surface area contributed by atoms with Crippen molar-refractivity contribution in [3.63, 3.8) is 0 Å². The van der Waals surface area contributed by atoms with Crippen LogP contribution in [0.3, 0.4) is 0 Å². The molecule has 8 heteroatoms. The van der Waals surface area contributed by atoms with Gasteiger partial charge in [-0.25, -0.2) is 13.2 Å². The van der Waals surface area contributed by atoms with E-state index in [0.29, 0.717) is 17.2 Å². The van der Waals surface area contributed by atoms with Crippen LogP contribution in [-0.2, 0) is 11.2 Å². The van der Waals surface area contributed by atoms with Crippen LogP contribution in [0.2, 0.25) is 0 Å². The molecular weight excluding hydrogens is 349 g/mol. The van der Waals surface area contributed by atoms with E-state index in [2.05, 4.69) is 10.5 Å². The number of carbonyl (C=O) groups excluding carboxylic acids is 1. The summed E-state index contributed by atoms with van der Waals surface area (Å²) in [5, 5.41) is 5.95. The van der Waals surface area contributed by atoms with Gasteiger partial charge >= 0.3 is 0 Å². The molecule has 1 amide bonds. The van der Waals surface area contributed by atoms with E-state index in [1.54, 1.807) is 37.4 Å². The molecule has 0 unspecified atom stereocenters. The van der Waals surface area contributed by atoms with Gasteiger partial charge in [-0.2, -0.15) is 0 Å². The minimum absolute atomic E-state index is 0.224. The van der Waals surface area contributed by atoms with Crippen molar-refractivity contribution >= 4 is 11.6 Å². The largest absolute Gasteiger partial charge is 0.497 e. The van der Waals surface area contributed by atoms with E-state index in [4.69, 9.17) is 9.26 Å². The number of benzene rings is 2. The van der Waals surface area contributed by atoms with Gasteiger partial charge < -0.3 is 14.6 Å². The average molecular weight is 362 g/mol.